The second-order valence-corrected chi connectivity index (χ2v) is 5.02. The summed E-state index contributed by atoms with van der Waals surface area (Å²) in [7, 11) is 0. The van der Waals surface area contributed by atoms with Crippen LogP contribution in [0.15, 0.2) is 18.2 Å². The highest BCUT2D eigenvalue weighted by Crippen LogP contribution is 2.28. The summed E-state index contributed by atoms with van der Waals surface area (Å²) in [6.45, 7) is 9.48. The van der Waals surface area contributed by atoms with Crippen LogP contribution in [0.1, 0.15) is 31.4 Å². The molecule has 1 aromatic carbocycles. The molecule has 0 fully saturated rings. The van der Waals surface area contributed by atoms with Crippen molar-refractivity contribution in [1.29, 1.82) is 0 Å². The van der Waals surface area contributed by atoms with Gasteiger partial charge in [-0.15, -0.1) is 0 Å². The number of ether oxygens (including phenoxy) is 2. The van der Waals surface area contributed by atoms with Crippen molar-refractivity contribution in [2.45, 2.75) is 39.9 Å². The Labute approximate surface area is 116 Å². The van der Waals surface area contributed by atoms with Crippen LogP contribution in [0.4, 0.5) is 5.69 Å². The van der Waals surface area contributed by atoms with Crippen molar-refractivity contribution in [2.75, 3.05) is 31.2 Å². The second-order valence-electron chi connectivity index (χ2n) is 5.02. The maximum absolute atomic E-state index is 5.66. The summed E-state index contributed by atoms with van der Waals surface area (Å²) in [6.07, 6.45) is 2.27. The zero-order valence-electron chi connectivity index (χ0n) is 12.3. The molecule has 0 radical (unpaired) electrons. The Morgan fingerprint density at radius 3 is 2.63 bits per heavy atom. The molecule has 0 bridgehead atoms. The molecule has 3 nitrogen and oxygen atoms in total. The van der Waals surface area contributed by atoms with Crippen molar-refractivity contribution in [2.24, 2.45) is 0 Å². The van der Waals surface area contributed by atoms with Gasteiger partial charge in [0.15, 0.2) is 6.29 Å². The highest BCUT2D eigenvalue weighted by Gasteiger charge is 2.20. The van der Waals surface area contributed by atoms with Gasteiger partial charge in [-0.25, -0.2) is 0 Å². The first-order chi connectivity index (χ1) is 9.24. The van der Waals surface area contributed by atoms with Crippen molar-refractivity contribution in [3.63, 3.8) is 0 Å². The predicted molar refractivity (Wildman–Crippen MR) is 78.8 cm³/mol. The van der Waals surface area contributed by atoms with Gasteiger partial charge in [-0.2, -0.15) is 0 Å². The van der Waals surface area contributed by atoms with Crippen LogP contribution in [0.2, 0.25) is 0 Å². The Morgan fingerprint density at radius 1 is 1.21 bits per heavy atom. The molecule has 1 aromatic rings. The first kappa shape index (κ1) is 14.4. The number of benzene rings is 1. The lowest BCUT2D eigenvalue weighted by molar-refractivity contribution is -0.129. The third kappa shape index (κ3) is 3.71. The Bertz CT molecular complexity index is 400. The first-order valence-electron chi connectivity index (χ1n) is 7.32. The van der Waals surface area contributed by atoms with Crippen LogP contribution < -0.4 is 4.90 Å². The van der Waals surface area contributed by atoms with E-state index in [0.717, 1.165) is 13.1 Å². The summed E-state index contributed by atoms with van der Waals surface area (Å²) in [5.41, 5.74) is 4.14. The molecule has 0 atom stereocenters. The number of fused-ring (bicyclic) bond motifs is 1. The molecular weight excluding hydrogens is 238 g/mol. The minimum absolute atomic E-state index is 0.123. The fourth-order valence-electron chi connectivity index (χ4n) is 2.70. The SMILES string of the molecule is CCOC(CN1CCCc2cc(C)ccc21)OCC. The monoisotopic (exact) mass is 263 g/mol. The molecule has 106 valence electrons. The lowest BCUT2D eigenvalue weighted by atomic mass is 9.99. The number of hydrogen-bond donors (Lipinski definition) is 0. The Morgan fingerprint density at radius 2 is 1.95 bits per heavy atom. The standard InChI is InChI=1S/C16H25NO2/c1-4-18-16(19-5-2)12-17-10-6-7-14-11-13(3)8-9-15(14)17/h8-9,11,16H,4-7,10,12H2,1-3H3. The predicted octanol–water partition coefficient (Wildman–Crippen LogP) is 3.15. The van der Waals surface area contributed by atoms with Crippen LogP contribution in [-0.4, -0.2) is 32.6 Å². The second kappa shape index (κ2) is 6.92. The summed E-state index contributed by atoms with van der Waals surface area (Å²) >= 11 is 0. The van der Waals surface area contributed by atoms with Crippen molar-refractivity contribution >= 4 is 5.69 Å². The Kier molecular flexibility index (Phi) is 5.23. The number of aryl methyl sites for hydroxylation is 2. The number of rotatable bonds is 6. The molecule has 0 saturated carbocycles. The van der Waals surface area contributed by atoms with Gasteiger partial charge in [-0.05, 0) is 45.2 Å². The van der Waals surface area contributed by atoms with E-state index in [1.807, 2.05) is 13.8 Å². The van der Waals surface area contributed by atoms with E-state index in [2.05, 4.69) is 30.0 Å². The van der Waals surface area contributed by atoms with Gasteiger partial charge in [0.25, 0.3) is 0 Å². The average Bonchev–Trinajstić information content (AvgIpc) is 2.39. The normalized spacial score (nSPS) is 14.8. The van der Waals surface area contributed by atoms with E-state index >= 15 is 0 Å². The summed E-state index contributed by atoms with van der Waals surface area (Å²) in [5, 5.41) is 0. The molecule has 2 rings (SSSR count). The molecule has 19 heavy (non-hydrogen) atoms. The third-order valence-electron chi connectivity index (χ3n) is 3.52. The van der Waals surface area contributed by atoms with E-state index in [0.29, 0.717) is 13.2 Å². The van der Waals surface area contributed by atoms with Gasteiger partial charge in [-0.1, -0.05) is 17.7 Å². The Balaban J connectivity index is 2.09. The van der Waals surface area contributed by atoms with Crippen LogP contribution in [0.5, 0.6) is 0 Å². The first-order valence-corrected chi connectivity index (χ1v) is 7.32. The van der Waals surface area contributed by atoms with E-state index in [-0.39, 0.29) is 6.29 Å². The fourth-order valence-corrected chi connectivity index (χ4v) is 2.70. The molecule has 3 heteroatoms. The smallest absolute Gasteiger partial charge is 0.174 e. The minimum Gasteiger partial charge on any atom is -0.366 e. The lowest BCUT2D eigenvalue weighted by Gasteiger charge is -2.34. The molecule has 1 aliphatic rings. The number of anilines is 1. The lowest BCUT2D eigenvalue weighted by Crippen LogP contribution is -2.38. The zero-order valence-corrected chi connectivity index (χ0v) is 12.3. The number of nitrogens with zero attached hydrogens (tertiary/aromatic N) is 1. The maximum atomic E-state index is 5.66. The van der Waals surface area contributed by atoms with Gasteiger partial charge in [0.05, 0.1) is 6.54 Å². The molecule has 0 spiro atoms. The van der Waals surface area contributed by atoms with Crippen LogP contribution in [0.3, 0.4) is 0 Å². The van der Waals surface area contributed by atoms with E-state index in [9.17, 15) is 0 Å². The fraction of sp³-hybridized carbons (Fsp3) is 0.625. The largest absolute Gasteiger partial charge is 0.366 e. The van der Waals surface area contributed by atoms with Crippen LogP contribution in [0, 0.1) is 6.92 Å². The molecule has 1 aliphatic heterocycles. The van der Waals surface area contributed by atoms with E-state index in [1.54, 1.807) is 0 Å². The van der Waals surface area contributed by atoms with Crippen molar-refractivity contribution in [3.8, 4) is 0 Å². The van der Waals surface area contributed by atoms with Crippen molar-refractivity contribution in [1.82, 2.24) is 0 Å². The summed E-state index contributed by atoms with van der Waals surface area (Å²) < 4.78 is 11.3. The van der Waals surface area contributed by atoms with Gasteiger partial charge in [0.2, 0.25) is 0 Å². The summed E-state index contributed by atoms with van der Waals surface area (Å²) in [5.74, 6) is 0. The van der Waals surface area contributed by atoms with Gasteiger partial charge in [-0.3, -0.25) is 0 Å². The minimum atomic E-state index is -0.123. The van der Waals surface area contributed by atoms with E-state index < -0.39 is 0 Å². The topological polar surface area (TPSA) is 21.7 Å². The van der Waals surface area contributed by atoms with Gasteiger partial charge in [0, 0.05) is 25.4 Å². The highest BCUT2D eigenvalue weighted by molar-refractivity contribution is 5.56. The summed E-state index contributed by atoms with van der Waals surface area (Å²) in [6, 6.07) is 6.73. The molecule has 1 heterocycles. The van der Waals surface area contributed by atoms with Crippen molar-refractivity contribution < 1.29 is 9.47 Å². The maximum Gasteiger partial charge on any atom is 0.174 e. The molecule has 0 aromatic heterocycles. The van der Waals surface area contributed by atoms with Gasteiger partial charge >= 0.3 is 0 Å². The molecular formula is C16H25NO2. The highest BCUT2D eigenvalue weighted by atomic mass is 16.7. The van der Waals surface area contributed by atoms with Crippen LogP contribution in [0.25, 0.3) is 0 Å². The summed E-state index contributed by atoms with van der Waals surface area (Å²) in [4.78, 5) is 2.40. The van der Waals surface area contributed by atoms with Gasteiger partial charge < -0.3 is 14.4 Å². The number of hydrogen-bond acceptors (Lipinski definition) is 3. The third-order valence-corrected chi connectivity index (χ3v) is 3.52. The molecule has 0 aliphatic carbocycles. The van der Waals surface area contributed by atoms with Crippen LogP contribution >= 0.6 is 0 Å². The Hall–Kier alpha value is -1.06. The zero-order chi connectivity index (χ0) is 13.7. The average molecular weight is 263 g/mol. The molecule has 0 amide bonds. The molecule has 0 N–H and O–H groups in total. The van der Waals surface area contributed by atoms with Crippen LogP contribution in [-0.2, 0) is 15.9 Å². The van der Waals surface area contributed by atoms with E-state index in [1.165, 1.54) is 29.7 Å². The van der Waals surface area contributed by atoms with E-state index in [4.69, 9.17) is 9.47 Å². The van der Waals surface area contributed by atoms with Crippen molar-refractivity contribution in [3.05, 3.63) is 29.3 Å². The van der Waals surface area contributed by atoms with Gasteiger partial charge in [0.1, 0.15) is 0 Å². The quantitative estimate of drug-likeness (QED) is 0.736. The molecule has 0 unspecified atom stereocenters. The molecule has 0 saturated heterocycles.